The van der Waals surface area contributed by atoms with Crippen molar-refractivity contribution in [3.63, 3.8) is 0 Å². The number of nitrogens with one attached hydrogen (secondary N) is 2. The number of imidazole rings is 1. The number of H-pyrrole nitrogens is 1. The van der Waals surface area contributed by atoms with E-state index in [0.29, 0.717) is 6.04 Å². The normalized spacial score (nSPS) is 13.3. The fourth-order valence-electron chi connectivity index (χ4n) is 1.89. The van der Waals surface area contributed by atoms with Crippen LogP contribution in [0.4, 0.5) is 0 Å². The first-order valence-corrected chi connectivity index (χ1v) is 5.38. The van der Waals surface area contributed by atoms with Gasteiger partial charge in [0.1, 0.15) is 5.82 Å². The van der Waals surface area contributed by atoms with E-state index in [4.69, 9.17) is 0 Å². The molecule has 80 valence electrons. The number of nitrogens with zero attached hydrogens (tertiary/aromatic N) is 1. The van der Waals surface area contributed by atoms with Crippen molar-refractivity contribution in [2.24, 2.45) is 0 Å². The van der Waals surface area contributed by atoms with E-state index in [0.717, 1.165) is 23.3 Å². The third kappa shape index (κ3) is 1.75. The first-order chi connectivity index (χ1) is 7.26. The molecule has 0 aliphatic carbocycles. The molecule has 0 bridgehead atoms. The summed E-state index contributed by atoms with van der Waals surface area (Å²) in [5.41, 5.74) is 3.43. The summed E-state index contributed by atoms with van der Waals surface area (Å²) >= 11 is 0. The van der Waals surface area contributed by atoms with Gasteiger partial charge in [0.15, 0.2) is 0 Å². The van der Waals surface area contributed by atoms with Crippen LogP contribution >= 0.6 is 0 Å². The van der Waals surface area contributed by atoms with E-state index < -0.39 is 0 Å². The minimum absolute atomic E-state index is 0.316. The molecule has 2 N–H and O–H groups in total. The second kappa shape index (κ2) is 4.03. The van der Waals surface area contributed by atoms with E-state index in [1.54, 1.807) is 0 Å². The van der Waals surface area contributed by atoms with Gasteiger partial charge in [-0.05, 0) is 32.0 Å². The lowest BCUT2D eigenvalue weighted by molar-refractivity contribution is 0.551. The van der Waals surface area contributed by atoms with Crippen molar-refractivity contribution in [1.29, 1.82) is 0 Å². The molecule has 0 radical (unpaired) electrons. The molecule has 1 atom stereocenters. The average molecular weight is 203 g/mol. The number of para-hydroxylation sites is 1. The van der Waals surface area contributed by atoms with Crippen LogP contribution in [0.3, 0.4) is 0 Å². The highest BCUT2D eigenvalue weighted by atomic mass is 15.0. The summed E-state index contributed by atoms with van der Waals surface area (Å²) in [6, 6.07) is 6.53. The summed E-state index contributed by atoms with van der Waals surface area (Å²) in [4.78, 5) is 8.00. The average Bonchev–Trinajstić information content (AvgIpc) is 2.65. The highest BCUT2D eigenvalue weighted by Crippen LogP contribution is 2.20. The summed E-state index contributed by atoms with van der Waals surface area (Å²) in [6.07, 6.45) is 1.04. The first kappa shape index (κ1) is 10.2. The molecule has 3 nitrogen and oxygen atoms in total. The standard InChI is InChI=1S/C12H17N3/c1-4-9(13-3)12-14-10-7-5-6-8(2)11(10)15-12/h5-7,9,13H,4H2,1-3H3,(H,14,15). The number of hydrogen-bond acceptors (Lipinski definition) is 2. The van der Waals surface area contributed by atoms with Gasteiger partial charge >= 0.3 is 0 Å². The molecular weight excluding hydrogens is 186 g/mol. The van der Waals surface area contributed by atoms with Gasteiger partial charge in [0.2, 0.25) is 0 Å². The Bertz CT molecular complexity index is 455. The molecule has 2 rings (SSSR count). The van der Waals surface area contributed by atoms with Crippen LogP contribution in [0.1, 0.15) is 30.8 Å². The number of benzene rings is 1. The predicted molar refractivity (Wildman–Crippen MR) is 62.9 cm³/mol. The third-order valence-electron chi connectivity index (χ3n) is 2.82. The molecular formula is C12H17N3. The predicted octanol–water partition coefficient (Wildman–Crippen LogP) is 2.54. The SMILES string of the molecule is CCC(NC)c1nc2c(C)cccc2[nH]1. The van der Waals surface area contributed by atoms with E-state index in [1.807, 2.05) is 7.05 Å². The fraction of sp³-hybridized carbons (Fsp3) is 0.417. The molecule has 1 unspecified atom stereocenters. The Labute approximate surface area is 89.9 Å². The van der Waals surface area contributed by atoms with Gasteiger partial charge in [0.25, 0.3) is 0 Å². The molecule has 1 aromatic heterocycles. The Balaban J connectivity index is 2.51. The second-order valence-electron chi connectivity index (χ2n) is 3.84. The van der Waals surface area contributed by atoms with Gasteiger partial charge in [-0.15, -0.1) is 0 Å². The van der Waals surface area contributed by atoms with Crippen molar-refractivity contribution in [3.8, 4) is 0 Å². The zero-order valence-electron chi connectivity index (χ0n) is 9.46. The van der Waals surface area contributed by atoms with Gasteiger partial charge in [-0.2, -0.15) is 0 Å². The molecule has 0 aliphatic heterocycles. The summed E-state index contributed by atoms with van der Waals surface area (Å²) < 4.78 is 0. The minimum atomic E-state index is 0.316. The highest BCUT2D eigenvalue weighted by molar-refractivity contribution is 5.78. The summed E-state index contributed by atoms with van der Waals surface area (Å²) in [5.74, 6) is 1.03. The molecule has 3 heteroatoms. The quantitative estimate of drug-likeness (QED) is 0.804. The van der Waals surface area contributed by atoms with Gasteiger partial charge in [0, 0.05) is 0 Å². The van der Waals surface area contributed by atoms with Crippen LogP contribution in [0.5, 0.6) is 0 Å². The number of aryl methyl sites for hydroxylation is 1. The molecule has 0 saturated carbocycles. The summed E-state index contributed by atoms with van der Waals surface area (Å²) in [5, 5.41) is 3.25. The highest BCUT2D eigenvalue weighted by Gasteiger charge is 2.11. The zero-order chi connectivity index (χ0) is 10.8. The molecule has 0 fully saturated rings. The van der Waals surface area contributed by atoms with Crippen LogP contribution in [0.2, 0.25) is 0 Å². The van der Waals surface area contributed by atoms with Crippen molar-refractivity contribution in [2.45, 2.75) is 26.3 Å². The molecule has 15 heavy (non-hydrogen) atoms. The number of hydrogen-bond donors (Lipinski definition) is 2. The first-order valence-electron chi connectivity index (χ1n) is 5.38. The molecule has 0 aliphatic rings. The summed E-state index contributed by atoms with van der Waals surface area (Å²) in [6.45, 7) is 4.24. The lowest BCUT2D eigenvalue weighted by Crippen LogP contribution is -2.16. The van der Waals surface area contributed by atoms with Crippen molar-refractivity contribution in [3.05, 3.63) is 29.6 Å². The van der Waals surface area contributed by atoms with Gasteiger partial charge in [-0.1, -0.05) is 19.1 Å². The Kier molecular flexibility index (Phi) is 2.73. The number of aromatic nitrogens is 2. The molecule has 2 aromatic rings. The Hall–Kier alpha value is -1.35. The monoisotopic (exact) mass is 203 g/mol. The van der Waals surface area contributed by atoms with E-state index in [1.165, 1.54) is 5.56 Å². The Morgan fingerprint density at radius 3 is 2.87 bits per heavy atom. The summed E-state index contributed by atoms with van der Waals surface area (Å²) in [7, 11) is 1.97. The Morgan fingerprint density at radius 1 is 1.47 bits per heavy atom. The minimum Gasteiger partial charge on any atom is -0.341 e. The van der Waals surface area contributed by atoms with Crippen LogP contribution < -0.4 is 5.32 Å². The van der Waals surface area contributed by atoms with E-state index in [9.17, 15) is 0 Å². The largest absolute Gasteiger partial charge is 0.341 e. The number of rotatable bonds is 3. The lowest BCUT2D eigenvalue weighted by Gasteiger charge is -2.09. The molecule has 1 aromatic carbocycles. The van der Waals surface area contributed by atoms with Crippen LogP contribution in [0.25, 0.3) is 11.0 Å². The maximum atomic E-state index is 4.64. The van der Waals surface area contributed by atoms with Crippen LogP contribution in [0.15, 0.2) is 18.2 Å². The molecule has 0 saturated heterocycles. The van der Waals surface area contributed by atoms with Gasteiger partial charge in [0.05, 0.1) is 17.1 Å². The van der Waals surface area contributed by atoms with Crippen molar-refractivity contribution >= 4 is 11.0 Å². The van der Waals surface area contributed by atoms with E-state index in [-0.39, 0.29) is 0 Å². The lowest BCUT2D eigenvalue weighted by atomic mass is 10.2. The Morgan fingerprint density at radius 2 is 2.27 bits per heavy atom. The van der Waals surface area contributed by atoms with Gasteiger partial charge in [-0.25, -0.2) is 4.98 Å². The smallest absolute Gasteiger partial charge is 0.124 e. The van der Waals surface area contributed by atoms with E-state index >= 15 is 0 Å². The number of fused-ring (bicyclic) bond motifs is 1. The fourth-order valence-corrected chi connectivity index (χ4v) is 1.89. The molecule has 0 spiro atoms. The molecule has 0 amide bonds. The third-order valence-corrected chi connectivity index (χ3v) is 2.82. The number of aromatic amines is 1. The van der Waals surface area contributed by atoms with Crippen LogP contribution in [-0.4, -0.2) is 17.0 Å². The van der Waals surface area contributed by atoms with Crippen molar-refractivity contribution < 1.29 is 0 Å². The maximum Gasteiger partial charge on any atom is 0.124 e. The second-order valence-corrected chi connectivity index (χ2v) is 3.84. The van der Waals surface area contributed by atoms with Crippen LogP contribution in [-0.2, 0) is 0 Å². The van der Waals surface area contributed by atoms with Crippen molar-refractivity contribution in [2.75, 3.05) is 7.05 Å². The maximum absolute atomic E-state index is 4.64. The van der Waals surface area contributed by atoms with Gasteiger partial charge in [-0.3, -0.25) is 0 Å². The molecule has 1 heterocycles. The van der Waals surface area contributed by atoms with Crippen molar-refractivity contribution in [1.82, 2.24) is 15.3 Å². The van der Waals surface area contributed by atoms with Crippen LogP contribution in [0, 0.1) is 6.92 Å². The van der Waals surface area contributed by atoms with Gasteiger partial charge < -0.3 is 10.3 Å². The zero-order valence-corrected chi connectivity index (χ0v) is 9.46. The van der Waals surface area contributed by atoms with E-state index in [2.05, 4.69) is 47.3 Å². The topological polar surface area (TPSA) is 40.7 Å².